The molecule has 0 saturated carbocycles. The molecule has 0 spiro atoms. The maximum Gasteiger partial charge on any atom is 0.322 e. The SMILES string of the molecule is CCOc1ccccc1NC(=O)N1CCc2nc(Cc3cccc(OC)c3)nc(N3CCOCC3)c2C1. The van der Waals surface area contributed by atoms with Crippen LogP contribution in [0.25, 0.3) is 0 Å². The third-order valence-corrected chi connectivity index (χ3v) is 6.61. The molecule has 2 aliphatic rings. The number of para-hydroxylation sites is 2. The molecule has 37 heavy (non-hydrogen) atoms. The van der Waals surface area contributed by atoms with Gasteiger partial charge in [-0.25, -0.2) is 14.8 Å². The highest BCUT2D eigenvalue weighted by molar-refractivity contribution is 5.91. The van der Waals surface area contributed by atoms with Crippen molar-refractivity contribution < 1.29 is 19.0 Å². The van der Waals surface area contributed by atoms with E-state index in [0.717, 1.165) is 47.3 Å². The molecule has 9 heteroatoms. The Morgan fingerprint density at radius 3 is 2.73 bits per heavy atom. The topological polar surface area (TPSA) is 89.0 Å². The lowest BCUT2D eigenvalue weighted by Crippen LogP contribution is -2.42. The van der Waals surface area contributed by atoms with Gasteiger partial charge in [-0.2, -0.15) is 0 Å². The van der Waals surface area contributed by atoms with Crippen LogP contribution in [0, 0.1) is 0 Å². The zero-order valence-electron chi connectivity index (χ0n) is 21.4. The van der Waals surface area contributed by atoms with Crippen molar-refractivity contribution in [3.05, 3.63) is 71.2 Å². The van der Waals surface area contributed by atoms with E-state index in [-0.39, 0.29) is 6.03 Å². The molecule has 0 radical (unpaired) electrons. The molecule has 5 rings (SSSR count). The predicted molar refractivity (Wildman–Crippen MR) is 142 cm³/mol. The summed E-state index contributed by atoms with van der Waals surface area (Å²) in [5.41, 5.74) is 3.78. The zero-order chi connectivity index (χ0) is 25.6. The molecular formula is C28H33N5O4. The monoisotopic (exact) mass is 503 g/mol. The number of amides is 2. The molecule has 194 valence electrons. The minimum atomic E-state index is -0.161. The van der Waals surface area contributed by atoms with Crippen LogP contribution in [0.2, 0.25) is 0 Å². The van der Waals surface area contributed by atoms with Gasteiger partial charge in [0.15, 0.2) is 0 Å². The lowest BCUT2D eigenvalue weighted by atomic mass is 10.0. The van der Waals surface area contributed by atoms with Crippen molar-refractivity contribution in [2.45, 2.75) is 26.3 Å². The average Bonchev–Trinajstić information content (AvgIpc) is 2.94. The molecule has 3 heterocycles. The normalized spacial score (nSPS) is 15.2. The number of nitrogens with one attached hydrogen (secondary N) is 1. The van der Waals surface area contributed by atoms with E-state index < -0.39 is 0 Å². The molecule has 2 aliphatic heterocycles. The lowest BCUT2D eigenvalue weighted by Gasteiger charge is -2.34. The minimum absolute atomic E-state index is 0.161. The van der Waals surface area contributed by atoms with Gasteiger partial charge >= 0.3 is 6.03 Å². The first-order valence-electron chi connectivity index (χ1n) is 12.8. The van der Waals surface area contributed by atoms with Crippen LogP contribution in [-0.2, 0) is 24.1 Å². The van der Waals surface area contributed by atoms with Gasteiger partial charge in [0.1, 0.15) is 23.1 Å². The molecule has 1 aromatic heterocycles. The van der Waals surface area contributed by atoms with Crippen molar-refractivity contribution in [3.8, 4) is 11.5 Å². The first kappa shape index (κ1) is 24.8. The van der Waals surface area contributed by atoms with Crippen molar-refractivity contribution in [2.24, 2.45) is 0 Å². The van der Waals surface area contributed by atoms with E-state index in [4.69, 9.17) is 24.2 Å². The largest absolute Gasteiger partial charge is 0.497 e. The number of benzene rings is 2. The van der Waals surface area contributed by atoms with Gasteiger partial charge in [-0.05, 0) is 36.8 Å². The predicted octanol–water partition coefficient (Wildman–Crippen LogP) is 3.90. The van der Waals surface area contributed by atoms with Crippen molar-refractivity contribution in [1.29, 1.82) is 0 Å². The molecular weight excluding hydrogens is 470 g/mol. The Bertz CT molecular complexity index is 1240. The molecule has 1 N–H and O–H groups in total. The highest BCUT2D eigenvalue weighted by atomic mass is 16.5. The molecule has 0 aliphatic carbocycles. The van der Waals surface area contributed by atoms with Gasteiger partial charge in [-0.15, -0.1) is 0 Å². The Morgan fingerprint density at radius 1 is 1.08 bits per heavy atom. The number of rotatable bonds is 7. The summed E-state index contributed by atoms with van der Waals surface area (Å²) in [5, 5.41) is 3.03. The summed E-state index contributed by atoms with van der Waals surface area (Å²) in [4.78, 5) is 27.3. The van der Waals surface area contributed by atoms with E-state index in [9.17, 15) is 4.79 Å². The van der Waals surface area contributed by atoms with E-state index in [1.807, 2.05) is 54.3 Å². The van der Waals surface area contributed by atoms with Crippen molar-refractivity contribution in [2.75, 3.05) is 56.8 Å². The van der Waals surface area contributed by atoms with E-state index >= 15 is 0 Å². The average molecular weight is 504 g/mol. The second-order valence-corrected chi connectivity index (χ2v) is 9.05. The van der Waals surface area contributed by atoms with E-state index in [1.54, 1.807) is 7.11 Å². The fourth-order valence-corrected chi connectivity index (χ4v) is 4.75. The van der Waals surface area contributed by atoms with Gasteiger partial charge in [0.05, 0.1) is 44.9 Å². The number of nitrogens with zero attached hydrogens (tertiary/aromatic N) is 4. The highest BCUT2D eigenvalue weighted by Gasteiger charge is 2.28. The van der Waals surface area contributed by atoms with Gasteiger partial charge < -0.3 is 29.3 Å². The second kappa shape index (κ2) is 11.5. The molecule has 0 unspecified atom stereocenters. The molecule has 2 aromatic carbocycles. The summed E-state index contributed by atoms with van der Waals surface area (Å²) < 4.78 is 16.7. The lowest BCUT2D eigenvalue weighted by molar-refractivity contribution is 0.122. The summed E-state index contributed by atoms with van der Waals surface area (Å²) in [6.45, 7) is 6.31. The summed E-state index contributed by atoms with van der Waals surface area (Å²) in [5.74, 6) is 3.15. The summed E-state index contributed by atoms with van der Waals surface area (Å²) >= 11 is 0. The Hall–Kier alpha value is -3.85. The van der Waals surface area contributed by atoms with Crippen LogP contribution in [0.3, 0.4) is 0 Å². The maximum absolute atomic E-state index is 13.3. The van der Waals surface area contributed by atoms with Gasteiger partial charge in [0.2, 0.25) is 0 Å². The van der Waals surface area contributed by atoms with Crippen LogP contribution in [0.1, 0.15) is 29.6 Å². The number of hydrogen-bond donors (Lipinski definition) is 1. The van der Waals surface area contributed by atoms with E-state index in [0.29, 0.717) is 57.2 Å². The van der Waals surface area contributed by atoms with E-state index in [2.05, 4.69) is 16.3 Å². The standard InChI is InChI=1S/C28H33N5O4/c1-3-37-25-10-5-4-9-24(25)30-28(34)33-12-11-23-22(19-33)27(32-13-15-36-16-14-32)31-26(29-23)18-20-7-6-8-21(17-20)35-2/h4-10,17H,3,11-16,18-19H2,1-2H3,(H,30,34). The van der Waals surface area contributed by atoms with Crippen LogP contribution in [0.5, 0.6) is 11.5 Å². The number of carbonyl (C=O) groups excluding carboxylic acids is 1. The summed E-state index contributed by atoms with van der Waals surface area (Å²) in [6, 6.07) is 15.3. The quantitative estimate of drug-likeness (QED) is 0.523. The molecule has 0 atom stereocenters. The van der Waals surface area contributed by atoms with E-state index in [1.165, 1.54) is 0 Å². The van der Waals surface area contributed by atoms with Crippen LogP contribution in [-0.4, -0.2) is 67.5 Å². The third-order valence-electron chi connectivity index (χ3n) is 6.61. The number of urea groups is 1. The van der Waals surface area contributed by atoms with Crippen LogP contribution in [0.4, 0.5) is 16.3 Å². The maximum atomic E-state index is 13.3. The third kappa shape index (κ3) is 5.77. The number of morpholine rings is 1. The fraction of sp³-hybridized carbons (Fsp3) is 0.393. The fourth-order valence-electron chi connectivity index (χ4n) is 4.75. The molecule has 3 aromatic rings. The number of carbonyl (C=O) groups is 1. The minimum Gasteiger partial charge on any atom is -0.497 e. The van der Waals surface area contributed by atoms with Crippen molar-refractivity contribution in [1.82, 2.24) is 14.9 Å². The molecule has 0 bridgehead atoms. The zero-order valence-corrected chi connectivity index (χ0v) is 21.4. The van der Waals surface area contributed by atoms with Gasteiger partial charge in [0, 0.05) is 38.0 Å². The second-order valence-electron chi connectivity index (χ2n) is 9.05. The smallest absolute Gasteiger partial charge is 0.322 e. The van der Waals surface area contributed by atoms with Crippen LogP contribution >= 0.6 is 0 Å². The Kier molecular flexibility index (Phi) is 7.70. The number of aromatic nitrogens is 2. The molecule has 9 nitrogen and oxygen atoms in total. The Morgan fingerprint density at radius 2 is 1.92 bits per heavy atom. The van der Waals surface area contributed by atoms with Gasteiger partial charge in [-0.1, -0.05) is 24.3 Å². The number of methoxy groups -OCH3 is 1. The first-order valence-corrected chi connectivity index (χ1v) is 12.8. The number of anilines is 2. The first-order chi connectivity index (χ1) is 18.1. The van der Waals surface area contributed by atoms with Crippen molar-refractivity contribution >= 4 is 17.5 Å². The summed E-state index contributed by atoms with van der Waals surface area (Å²) in [6.07, 6.45) is 1.28. The molecule has 1 fully saturated rings. The Balaban J connectivity index is 1.40. The van der Waals surface area contributed by atoms with Crippen molar-refractivity contribution in [3.63, 3.8) is 0 Å². The van der Waals surface area contributed by atoms with Crippen LogP contribution < -0.4 is 19.7 Å². The van der Waals surface area contributed by atoms with Crippen LogP contribution in [0.15, 0.2) is 48.5 Å². The Labute approximate surface area is 217 Å². The number of fused-ring (bicyclic) bond motifs is 1. The van der Waals surface area contributed by atoms with Gasteiger partial charge in [0.25, 0.3) is 0 Å². The van der Waals surface area contributed by atoms with Gasteiger partial charge in [-0.3, -0.25) is 0 Å². The summed E-state index contributed by atoms with van der Waals surface area (Å²) in [7, 11) is 1.67. The number of ether oxygens (including phenoxy) is 3. The number of hydrogen-bond acceptors (Lipinski definition) is 7. The molecule has 2 amide bonds. The molecule has 1 saturated heterocycles. The highest BCUT2D eigenvalue weighted by Crippen LogP contribution is 2.30.